The molecule has 0 heterocycles. The third kappa shape index (κ3) is 7.88. The van der Waals surface area contributed by atoms with E-state index in [1.54, 1.807) is 6.92 Å². The van der Waals surface area contributed by atoms with Gasteiger partial charge in [-0.15, -0.1) is 0 Å². The van der Waals surface area contributed by atoms with E-state index in [1.165, 1.54) is 23.1 Å². The molecule has 196 valence electrons. The highest BCUT2D eigenvalue weighted by Crippen LogP contribution is 2.21. The normalized spacial score (nSPS) is 12.0. The molecule has 1 N–H and O–H groups in total. The van der Waals surface area contributed by atoms with E-state index in [0.29, 0.717) is 6.54 Å². The number of likely N-dealkylation sites (N-methyl/N-ethyl adjacent to an activating group) is 1. The summed E-state index contributed by atoms with van der Waals surface area (Å²) in [7, 11) is -3.94. The Labute approximate surface area is 218 Å². The number of anilines is 1. The molecule has 7 nitrogen and oxygen atoms in total. The molecule has 0 aliphatic heterocycles. The quantitative estimate of drug-likeness (QED) is 0.414. The lowest BCUT2D eigenvalue weighted by Gasteiger charge is -2.33. The highest BCUT2D eigenvalue weighted by atomic mass is 32.2. The van der Waals surface area contributed by atoms with Crippen LogP contribution in [0.2, 0.25) is 0 Å². The van der Waals surface area contributed by atoms with Crippen LogP contribution in [-0.2, 0) is 32.6 Å². The van der Waals surface area contributed by atoms with Gasteiger partial charge in [0.1, 0.15) is 18.4 Å². The summed E-state index contributed by atoms with van der Waals surface area (Å²) in [6.07, 6.45) is 1.20. The summed E-state index contributed by atoms with van der Waals surface area (Å²) in [6, 6.07) is 21.0. The van der Waals surface area contributed by atoms with Gasteiger partial charge in [0.25, 0.3) is 0 Å². The molecule has 0 spiro atoms. The van der Waals surface area contributed by atoms with Crippen LogP contribution in [0.25, 0.3) is 0 Å². The number of hydrogen-bond acceptors (Lipinski definition) is 4. The van der Waals surface area contributed by atoms with Crippen LogP contribution in [0, 0.1) is 12.7 Å². The van der Waals surface area contributed by atoms with Crippen LogP contribution in [0.1, 0.15) is 23.6 Å². The van der Waals surface area contributed by atoms with Crippen molar-refractivity contribution >= 4 is 27.5 Å². The molecule has 37 heavy (non-hydrogen) atoms. The average molecular weight is 526 g/mol. The molecule has 0 saturated carbocycles. The summed E-state index contributed by atoms with van der Waals surface area (Å²) < 4.78 is 40.1. The molecular formula is C28H32FN3O4S. The fourth-order valence-electron chi connectivity index (χ4n) is 4.10. The molecule has 0 fully saturated rings. The second-order valence-electron chi connectivity index (χ2n) is 8.86. The van der Waals surface area contributed by atoms with E-state index in [1.807, 2.05) is 61.5 Å². The zero-order chi connectivity index (χ0) is 27.0. The monoisotopic (exact) mass is 525 g/mol. The van der Waals surface area contributed by atoms with Crippen LogP contribution in [0.4, 0.5) is 10.1 Å². The molecule has 9 heteroatoms. The van der Waals surface area contributed by atoms with Crippen LogP contribution in [0.3, 0.4) is 0 Å². The molecule has 1 unspecified atom stereocenters. The largest absolute Gasteiger partial charge is 0.355 e. The number of amides is 2. The summed E-state index contributed by atoms with van der Waals surface area (Å²) in [5.74, 6) is -1.55. The van der Waals surface area contributed by atoms with Crippen molar-refractivity contribution in [2.24, 2.45) is 0 Å². The molecule has 0 bridgehead atoms. The molecular weight excluding hydrogens is 493 g/mol. The highest BCUT2D eigenvalue weighted by molar-refractivity contribution is 7.92. The molecule has 0 aliphatic rings. The van der Waals surface area contributed by atoms with Crippen LogP contribution >= 0.6 is 0 Å². The molecule has 3 aromatic rings. The number of hydrogen-bond donors (Lipinski definition) is 1. The number of carbonyl (C=O) groups is 2. The maximum Gasteiger partial charge on any atom is 0.244 e. The summed E-state index contributed by atoms with van der Waals surface area (Å²) in [5, 5.41) is 2.81. The fourth-order valence-corrected chi connectivity index (χ4v) is 4.94. The zero-order valence-electron chi connectivity index (χ0n) is 21.2. The average Bonchev–Trinajstić information content (AvgIpc) is 2.84. The molecule has 0 aliphatic carbocycles. The lowest BCUT2D eigenvalue weighted by atomic mass is 10.0. The van der Waals surface area contributed by atoms with E-state index in [4.69, 9.17) is 0 Å². The minimum Gasteiger partial charge on any atom is -0.355 e. The van der Waals surface area contributed by atoms with Crippen LogP contribution in [0.15, 0.2) is 78.9 Å². The third-order valence-corrected chi connectivity index (χ3v) is 6.97. The number of sulfonamides is 1. The molecule has 1 atom stereocenters. The van der Waals surface area contributed by atoms with Crippen molar-refractivity contribution in [3.63, 3.8) is 0 Å². The van der Waals surface area contributed by atoms with Gasteiger partial charge in [-0.1, -0.05) is 66.2 Å². The van der Waals surface area contributed by atoms with Crippen molar-refractivity contribution in [3.05, 3.63) is 101 Å². The molecule has 0 saturated heterocycles. The Kier molecular flexibility index (Phi) is 9.41. The number of carbonyl (C=O) groups excluding carboxylic acids is 2. The summed E-state index contributed by atoms with van der Waals surface area (Å²) in [4.78, 5) is 28.5. The standard InChI is InChI=1S/C28H32FN3O4S/c1-4-30-28(34)26(17-22-11-6-5-7-12-22)31(19-23-13-8-10-21(2)16-23)27(33)20-32(37(3,35)36)25-15-9-14-24(29)18-25/h5-16,18,26H,4,17,19-20H2,1-3H3,(H,30,34). The van der Waals surface area contributed by atoms with Crippen molar-refractivity contribution in [2.45, 2.75) is 32.9 Å². The predicted octanol–water partition coefficient (Wildman–Crippen LogP) is 3.68. The maximum absolute atomic E-state index is 13.9. The predicted molar refractivity (Wildman–Crippen MR) is 143 cm³/mol. The summed E-state index contributed by atoms with van der Waals surface area (Å²) in [6.45, 7) is 3.60. The Morgan fingerprint density at radius 3 is 2.24 bits per heavy atom. The second kappa shape index (κ2) is 12.5. The van der Waals surface area contributed by atoms with E-state index < -0.39 is 34.3 Å². The molecule has 3 aromatic carbocycles. The Morgan fingerprint density at radius 2 is 1.62 bits per heavy atom. The van der Waals surface area contributed by atoms with Gasteiger partial charge in [0.05, 0.1) is 11.9 Å². The first-order valence-electron chi connectivity index (χ1n) is 12.0. The smallest absolute Gasteiger partial charge is 0.244 e. The van der Waals surface area contributed by atoms with Gasteiger partial charge in [-0.2, -0.15) is 0 Å². The van der Waals surface area contributed by atoms with Crippen molar-refractivity contribution in [1.29, 1.82) is 0 Å². The number of aryl methyl sites for hydroxylation is 1. The van der Waals surface area contributed by atoms with Gasteiger partial charge < -0.3 is 10.2 Å². The summed E-state index contributed by atoms with van der Waals surface area (Å²) in [5.41, 5.74) is 2.67. The fraction of sp³-hybridized carbons (Fsp3) is 0.286. The van der Waals surface area contributed by atoms with Gasteiger partial charge in [0, 0.05) is 19.5 Å². The highest BCUT2D eigenvalue weighted by Gasteiger charge is 2.32. The maximum atomic E-state index is 13.9. The second-order valence-corrected chi connectivity index (χ2v) is 10.8. The van der Waals surface area contributed by atoms with Gasteiger partial charge in [-0.25, -0.2) is 12.8 Å². The van der Waals surface area contributed by atoms with E-state index >= 15 is 0 Å². The number of rotatable bonds is 11. The van der Waals surface area contributed by atoms with E-state index in [2.05, 4.69) is 5.32 Å². The van der Waals surface area contributed by atoms with Gasteiger partial charge in [0.2, 0.25) is 21.8 Å². The van der Waals surface area contributed by atoms with Gasteiger partial charge in [0.15, 0.2) is 0 Å². The minimum absolute atomic E-state index is 0.0315. The number of halogens is 1. The SMILES string of the molecule is CCNC(=O)C(Cc1ccccc1)N(Cc1cccc(C)c1)C(=O)CN(c1cccc(F)c1)S(C)(=O)=O. The van der Waals surface area contributed by atoms with Crippen LogP contribution in [-0.4, -0.2) is 50.5 Å². The molecule has 2 amide bonds. The van der Waals surface area contributed by atoms with Crippen LogP contribution in [0.5, 0.6) is 0 Å². The van der Waals surface area contributed by atoms with Crippen molar-refractivity contribution in [3.8, 4) is 0 Å². The Morgan fingerprint density at radius 1 is 0.946 bits per heavy atom. The first kappa shape index (κ1) is 27.9. The Balaban J connectivity index is 2.04. The van der Waals surface area contributed by atoms with Crippen molar-refractivity contribution in [1.82, 2.24) is 10.2 Å². The van der Waals surface area contributed by atoms with Gasteiger partial charge >= 0.3 is 0 Å². The van der Waals surface area contributed by atoms with Crippen molar-refractivity contribution in [2.75, 3.05) is 23.7 Å². The molecule has 0 radical (unpaired) electrons. The van der Waals surface area contributed by atoms with Gasteiger partial charge in [-0.3, -0.25) is 13.9 Å². The third-order valence-electron chi connectivity index (χ3n) is 5.83. The lowest BCUT2D eigenvalue weighted by molar-refractivity contribution is -0.140. The molecule has 3 rings (SSSR count). The number of nitrogens with one attached hydrogen (secondary N) is 1. The van der Waals surface area contributed by atoms with Crippen LogP contribution < -0.4 is 9.62 Å². The first-order valence-corrected chi connectivity index (χ1v) is 13.8. The minimum atomic E-state index is -3.94. The Bertz CT molecular complexity index is 1330. The van der Waals surface area contributed by atoms with E-state index in [-0.39, 0.29) is 24.6 Å². The topological polar surface area (TPSA) is 86.8 Å². The van der Waals surface area contributed by atoms with E-state index in [0.717, 1.165) is 33.3 Å². The lowest BCUT2D eigenvalue weighted by Crippen LogP contribution is -2.53. The van der Waals surface area contributed by atoms with Crippen molar-refractivity contribution < 1.29 is 22.4 Å². The first-order chi connectivity index (χ1) is 17.6. The van der Waals surface area contributed by atoms with E-state index in [9.17, 15) is 22.4 Å². The number of benzene rings is 3. The Hall–Kier alpha value is -3.72. The zero-order valence-corrected chi connectivity index (χ0v) is 22.0. The summed E-state index contributed by atoms with van der Waals surface area (Å²) >= 11 is 0. The number of nitrogens with zero attached hydrogens (tertiary/aromatic N) is 2. The van der Waals surface area contributed by atoms with Gasteiger partial charge in [-0.05, 0) is 43.2 Å². The molecule has 0 aromatic heterocycles.